The Balaban J connectivity index is 2.02. The van der Waals surface area contributed by atoms with Gasteiger partial charge in [0.25, 0.3) is 0 Å². The molecule has 0 aromatic heterocycles. The molecule has 1 fully saturated rings. The quantitative estimate of drug-likeness (QED) is 0.841. The fraction of sp³-hybridized carbons (Fsp3) is 0.588. The molecule has 0 saturated heterocycles. The van der Waals surface area contributed by atoms with Crippen molar-refractivity contribution in [2.24, 2.45) is 11.8 Å². The Hall–Kier alpha value is -1.51. The summed E-state index contributed by atoms with van der Waals surface area (Å²) in [6.07, 6.45) is 3.73. The van der Waals surface area contributed by atoms with E-state index < -0.39 is 0 Å². The summed E-state index contributed by atoms with van der Waals surface area (Å²) in [6.45, 7) is 6.87. The van der Waals surface area contributed by atoms with Gasteiger partial charge in [-0.15, -0.1) is 0 Å². The van der Waals surface area contributed by atoms with Gasteiger partial charge < -0.3 is 10.1 Å². The number of anilines is 1. The normalized spacial score (nSPS) is 26.1. The van der Waals surface area contributed by atoms with E-state index in [9.17, 15) is 4.79 Å². The molecule has 1 N–H and O–H groups in total. The Bertz CT molecular complexity index is 448. The van der Waals surface area contributed by atoms with E-state index >= 15 is 0 Å². The summed E-state index contributed by atoms with van der Waals surface area (Å²) in [6, 6.07) is 8.12. The molecule has 1 saturated carbocycles. The van der Waals surface area contributed by atoms with Crippen LogP contribution in [0.15, 0.2) is 24.3 Å². The average molecular weight is 275 g/mol. The number of ether oxygens (including phenoxy) is 1. The Labute approximate surface area is 121 Å². The van der Waals surface area contributed by atoms with Crippen LogP contribution in [0, 0.1) is 11.8 Å². The second kappa shape index (κ2) is 6.78. The highest BCUT2D eigenvalue weighted by Gasteiger charge is 2.23. The van der Waals surface area contributed by atoms with E-state index in [0.717, 1.165) is 17.5 Å². The van der Waals surface area contributed by atoms with Gasteiger partial charge in [-0.05, 0) is 56.2 Å². The summed E-state index contributed by atoms with van der Waals surface area (Å²) < 4.78 is 5.04. The lowest BCUT2D eigenvalue weighted by Gasteiger charge is -2.32. The monoisotopic (exact) mass is 275 g/mol. The third-order valence-corrected chi connectivity index (χ3v) is 3.92. The number of nitrogens with one attached hydrogen (secondary N) is 1. The van der Waals surface area contributed by atoms with Gasteiger partial charge in [0.2, 0.25) is 0 Å². The average Bonchev–Trinajstić information content (AvgIpc) is 2.38. The molecule has 3 nitrogen and oxygen atoms in total. The molecule has 0 radical (unpaired) electrons. The van der Waals surface area contributed by atoms with Crippen molar-refractivity contribution in [3.05, 3.63) is 29.8 Å². The summed E-state index contributed by atoms with van der Waals surface area (Å²) in [7, 11) is 0. The molecule has 0 aliphatic heterocycles. The topological polar surface area (TPSA) is 38.3 Å². The summed E-state index contributed by atoms with van der Waals surface area (Å²) >= 11 is 0. The molecule has 0 amide bonds. The first kappa shape index (κ1) is 14.9. The summed E-state index contributed by atoms with van der Waals surface area (Å²) in [5, 5.41) is 3.57. The molecule has 1 aromatic carbocycles. The smallest absolute Gasteiger partial charge is 0.338 e. The zero-order chi connectivity index (χ0) is 14.5. The lowest BCUT2D eigenvalue weighted by atomic mass is 9.80. The number of hydrogen-bond donors (Lipinski definition) is 1. The Morgan fingerprint density at radius 3 is 2.60 bits per heavy atom. The van der Waals surface area contributed by atoms with Gasteiger partial charge in [0.15, 0.2) is 0 Å². The van der Waals surface area contributed by atoms with Gasteiger partial charge >= 0.3 is 5.97 Å². The maximum atomic E-state index is 11.7. The molecule has 2 rings (SSSR count). The minimum absolute atomic E-state index is 0.249. The molecule has 0 bridgehead atoms. The highest BCUT2D eigenvalue weighted by molar-refractivity contribution is 5.90. The van der Waals surface area contributed by atoms with Crippen LogP contribution in [0.4, 0.5) is 5.69 Å². The molecule has 0 spiro atoms. The van der Waals surface area contributed by atoms with Crippen LogP contribution in [-0.4, -0.2) is 18.6 Å². The first-order valence-electron chi connectivity index (χ1n) is 7.62. The van der Waals surface area contributed by atoms with Crippen molar-refractivity contribution >= 4 is 11.7 Å². The molecule has 110 valence electrons. The van der Waals surface area contributed by atoms with E-state index in [4.69, 9.17) is 4.74 Å². The fourth-order valence-corrected chi connectivity index (χ4v) is 3.25. The second-order valence-electron chi connectivity index (χ2n) is 6.06. The van der Waals surface area contributed by atoms with Gasteiger partial charge in [0.1, 0.15) is 0 Å². The Morgan fingerprint density at radius 1 is 1.25 bits per heavy atom. The van der Waals surface area contributed by atoms with Crippen LogP contribution < -0.4 is 5.32 Å². The van der Waals surface area contributed by atoms with Crippen molar-refractivity contribution < 1.29 is 9.53 Å². The number of carbonyl (C=O) groups is 1. The molecular weight excluding hydrogens is 250 g/mol. The van der Waals surface area contributed by atoms with E-state index in [2.05, 4.69) is 19.2 Å². The minimum Gasteiger partial charge on any atom is -0.462 e. The number of rotatable bonds is 4. The second-order valence-corrected chi connectivity index (χ2v) is 6.06. The zero-order valence-corrected chi connectivity index (χ0v) is 12.7. The maximum absolute atomic E-state index is 11.7. The lowest BCUT2D eigenvalue weighted by molar-refractivity contribution is 0.0526. The van der Waals surface area contributed by atoms with Crippen LogP contribution in [0.3, 0.4) is 0 Å². The SMILES string of the molecule is CCOC(=O)c1cccc(NC2CC(C)CC(C)C2)c1. The highest BCUT2D eigenvalue weighted by Crippen LogP contribution is 2.30. The summed E-state index contributed by atoms with van der Waals surface area (Å²) in [5.41, 5.74) is 1.63. The third-order valence-electron chi connectivity index (χ3n) is 3.92. The molecular formula is C17H25NO2. The summed E-state index contributed by atoms with van der Waals surface area (Å²) in [5.74, 6) is 1.29. The van der Waals surface area contributed by atoms with Crippen molar-refractivity contribution in [3.8, 4) is 0 Å². The van der Waals surface area contributed by atoms with E-state index in [0.29, 0.717) is 18.2 Å². The summed E-state index contributed by atoms with van der Waals surface area (Å²) in [4.78, 5) is 11.7. The standard InChI is InChI=1S/C17H25NO2/c1-4-20-17(19)14-6-5-7-15(11-14)18-16-9-12(2)8-13(3)10-16/h5-7,11-13,16,18H,4,8-10H2,1-3H3. The van der Waals surface area contributed by atoms with E-state index in [1.165, 1.54) is 19.3 Å². The molecule has 1 aromatic rings. The van der Waals surface area contributed by atoms with Gasteiger partial charge in [-0.25, -0.2) is 4.79 Å². The van der Waals surface area contributed by atoms with Gasteiger partial charge in [-0.3, -0.25) is 0 Å². The van der Waals surface area contributed by atoms with E-state index in [1.54, 1.807) is 6.07 Å². The first-order valence-corrected chi connectivity index (χ1v) is 7.62. The third kappa shape index (κ3) is 3.99. The molecule has 1 aliphatic carbocycles. The minimum atomic E-state index is -0.249. The lowest BCUT2D eigenvalue weighted by Crippen LogP contribution is -2.30. The number of hydrogen-bond acceptors (Lipinski definition) is 3. The first-order chi connectivity index (χ1) is 9.58. The maximum Gasteiger partial charge on any atom is 0.338 e. The number of esters is 1. The molecule has 3 heteroatoms. The van der Waals surface area contributed by atoms with Crippen molar-refractivity contribution in [1.82, 2.24) is 0 Å². The molecule has 2 unspecified atom stereocenters. The van der Waals surface area contributed by atoms with Crippen LogP contribution in [0.1, 0.15) is 50.4 Å². The predicted molar refractivity (Wildman–Crippen MR) is 82.0 cm³/mol. The van der Waals surface area contributed by atoms with Crippen LogP contribution in [0.25, 0.3) is 0 Å². The van der Waals surface area contributed by atoms with Crippen molar-refractivity contribution in [2.75, 3.05) is 11.9 Å². The van der Waals surface area contributed by atoms with Crippen LogP contribution >= 0.6 is 0 Å². The molecule has 2 atom stereocenters. The van der Waals surface area contributed by atoms with Crippen molar-refractivity contribution in [1.29, 1.82) is 0 Å². The van der Waals surface area contributed by atoms with Crippen molar-refractivity contribution in [2.45, 2.75) is 46.1 Å². The largest absolute Gasteiger partial charge is 0.462 e. The Kier molecular flexibility index (Phi) is 5.05. The fourth-order valence-electron chi connectivity index (χ4n) is 3.25. The van der Waals surface area contributed by atoms with Crippen LogP contribution in [0.5, 0.6) is 0 Å². The van der Waals surface area contributed by atoms with Crippen molar-refractivity contribution in [3.63, 3.8) is 0 Å². The van der Waals surface area contributed by atoms with E-state index in [1.807, 2.05) is 25.1 Å². The van der Waals surface area contributed by atoms with Crippen LogP contribution in [0.2, 0.25) is 0 Å². The highest BCUT2D eigenvalue weighted by atomic mass is 16.5. The van der Waals surface area contributed by atoms with Gasteiger partial charge in [0.05, 0.1) is 12.2 Å². The van der Waals surface area contributed by atoms with E-state index in [-0.39, 0.29) is 5.97 Å². The van der Waals surface area contributed by atoms with Gasteiger partial charge in [-0.1, -0.05) is 19.9 Å². The Morgan fingerprint density at radius 2 is 1.95 bits per heavy atom. The molecule has 1 aliphatic rings. The van der Waals surface area contributed by atoms with Crippen LogP contribution in [-0.2, 0) is 4.74 Å². The number of benzene rings is 1. The predicted octanol–water partition coefficient (Wildman–Crippen LogP) is 4.10. The number of carbonyl (C=O) groups excluding carboxylic acids is 1. The van der Waals surface area contributed by atoms with Gasteiger partial charge in [0, 0.05) is 11.7 Å². The van der Waals surface area contributed by atoms with Gasteiger partial charge in [-0.2, -0.15) is 0 Å². The zero-order valence-electron chi connectivity index (χ0n) is 12.7. The molecule has 0 heterocycles. The molecule has 20 heavy (non-hydrogen) atoms.